The Morgan fingerprint density at radius 3 is 2.56 bits per heavy atom. The Balaban J connectivity index is 1.86. The fourth-order valence-corrected chi connectivity index (χ4v) is 3.03. The molecule has 25 heavy (non-hydrogen) atoms. The molecule has 1 heterocycles. The van der Waals surface area contributed by atoms with Crippen molar-refractivity contribution in [1.82, 2.24) is 10.2 Å². The van der Waals surface area contributed by atoms with Gasteiger partial charge in [0.2, 0.25) is 0 Å². The maximum absolute atomic E-state index is 12.0. The van der Waals surface area contributed by atoms with Crippen LogP contribution in [0.1, 0.15) is 32.3 Å². The average molecular weight is 348 g/mol. The van der Waals surface area contributed by atoms with E-state index in [4.69, 9.17) is 0 Å². The molecule has 2 rings (SSSR count). The SMILES string of the molecule is CCC(O)CCNC(=O)Nc1ccc(N2CCN(CC)CC2)cc1C. The van der Waals surface area contributed by atoms with Gasteiger partial charge in [-0.05, 0) is 50.1 Å². The predicted molar refractivity (Wildman–Crippen MR) is 103 cm³/mol. The molecule has 0 aliphatic carbocycles. The van der Waals surface area contributed by atoms with E-state index in [1.54, 1.807) is 0 Å². The third-order valence-electron chi connectivity index (χ3n) is 4.88. The molecular formula is C19H32N4O2. The van der Waals surface area contributed by atoms with E-state index in [1.807, 2.05) is 19.9 Å². The first-order valence-corrected chi connectivity index (χ1v) is 9.34. The lowest BCUT2D eigenvalue weighted by atomic mass is 10.1. The lowest BCUT2D eigenvalue weighted by Gasteiger charge is -2.35. The smallest absolute Gasteiger partial charge is 0.319 e. The van der Waals surface area contributed by atoms with Gasteiger partial charge in [-0.2, -0.15) is 0 Å². The van der Waals surface area contributed by atoms with Crippen molar-refractivity contribution in [3.8, 4) is 0 Å². The number of carbonyl (C=O) groups excluding carboxylic acids is 1. The highest BCUT2D eigenvalue weighted by Crippen LogP contribution is 2.23. The van der Waals surface area contributed by atoms with E-state index >= 15 is 0 Å². The first kappa shape index (κ1) is 19.5. The molecule has 0 spiro atoms. The molecule has 1 saturated heterocycles. The Morgan fingerprint density at radius 1 is 1.24 bits per heavy atom. The van der Waals surface area contributed by atoms with Gasteiger partial charge in [0.05, 0.1) is 6.10 Å². The molecule has 6 heteroatoms. The molecule has 1 fully saturated rings. The number of aliphatic hydroxyl groups is 1. The molecule has 1 aromatic rings. The van der Waals surface area contributed by atoms with Crippen LogP contribution in [0, 0.1) is 6.92 Å². The Kier molecular flexibility index (Phi) is 7.52. The van der Waals surface area contributed by atoms with E-state index in [9.17, 15) is 9.90 Å². The maximum Gasteiger partial charge on any atom is 0.319 e. The molecule has 1 aromatic carbocycles. The summed E-state index contributed by atoms with van der Waals surface area (Å²) in [6.45, 7) is 12.0. The van der Waals surface area contributed by atoms with Crippen LogP contribution < -0.4 is 15.5 Å². The second-order valence-corrected chi connectivity index (χ2v) is 6.65. The number of hydrogen-bond donors (Lipinski definition) is 3. The molecule has 6 nitrogen and oxygen atoms in total. The van der Waals surface area contributed by atoms with Gasteiger partial charge in [0.15, 0.2) is 0 Å². The third kappa shape index (κ3) is 5.90. The second-order valence-electron chi connectivity index (χ2n) is 6.65. The van der Waals surface area contributed by atoms with Crippen LogP contribution in [0.5, 0.6) is 0 Å². The fraction of sp³-hybridized carbons (Fsp3) is 0.632. The zero-order valence-corrected chi connectivity index (χ0v) is 15.7. The summed E-state index contributed by atoms with van der Waals surface area (Å²) >= 11 is 0. The van der Waals surface area contributed by atoms with Crippen LogP contribution in [0.3, 0.4) is 0 Å². The van der Waals surface area contributed by atoms with E-state index in [1.165, 1.54) is 5.69 Å². The summed E-state index contributed by atoms with van der Waals surface area (Å²) in [4.78, 5) is 16.8. The lowest BCUT2D eigenvalue weighted by molar-refractivity contribution is 0.160. The van der Waals surface area contributed by atoms with Crippen LogP contribution in [0.25, 0.3) is 0 Å². The first-order chi connectivity index (χ1) is 12.0. The van der Waals surface area contributed by atoms with Crippen molar-refractivity contribution in [2.75, 3.05) is 49.5 Å². The van der Waals surface area contributed by atoms with E-state index in [2.05, 4.69) is 39.5 Å². The summed E-state index contributed by atoms with van der Waals surface area (Å²) in [6.07, 6.45) is 0.927. The fourth-order valence-electron chi connectivity index (χ4n) is 3.03. The van der Waals surface area contributed by atoms with E-state index in [-0.39, 0.29) is 12.1 Å². The van der Waals surface area contributed by atoms with Crippen molar-refractivity contribution in [1.29, 1.82) is 0 Å². The zero-order valence-electron chi connectivity index (χ0n) is 15.7. The van der Waals surface area contributed by atoms with E-state index < -0.39 is 0 Å². The summed E-state index contributed by atoms with van der Waals surface area (Å²) in [5.41, 5.74) is 3.09. The average Bonchev–Trinajstić information content (AvgIpc) is 2.63. The van der Waals surface area contributed by atoms with E-state index in [0.29, 0.717) is 19.4 Å². The van der Waals surface area contributed by atoms with Crippen LogP contribution in [0.4, 0.5) is 16.2 Å². The second kappa shape index (κ2) is 9.63. The number of nitrogens with one attached hydrogen (secondary N) is 2. The van der Waals surface area contributed by atoms with Crippen LogP contribution in [-0.2, 0) is 0 Å². The first-order valence-electron chi connectivity index (χ1n) is 9.34. The monoisotopic (exact) mass is 348 g/mol. The Labute approximate surface area is 151 Å². The van der Waals surface area contributed by atoms with Crippen molar-refractivity contribution >= 4 is 17.4 Å². The van der Waals surface area contributed by atoms with Crippen LogP contribution in [0.15, 0.2) is 18.2 Å². The molecule has 0 saturated carbocycles. The van der Waals surface area contributed by atoms with Crippen LogP contribution in [-0.4, -0.2) is 61.4 Å². The number of hydrogen-bond acceptors (Lipinski definition) is 4. The lowest BCUT2D eigenvalue weighted by Crippen LogP contribution is -2.46. The van der Waals surface area contributed by atoms with Gasteiger partial charge >= 0.3 is 6.03 Å². The van der Waals surface area contributed by atoms with Gasteiger partial charge in [-0.1, -0.05) is 13.8 Å². The largest absolute Gasteiger partial charge is 0.393 e. The number of urea groups is 1. The Hall–Kier alpha value is -1.79. The van der Waals surface area contributed by atoms with Gasteiger partial charge in [-0.15, -0.1) is 0 Å². The molecule has 0 bridgehead atoms. The summed E-state index contributed by atoms with van der Waals surface area (Å²) in [6, 6.07) is 5.95. The molecule has 1 atom stereocenters. The highest BCUT2D eigenvalue weighted by molar-refractivity contribution is 5.90. The van der Waals surface area contributed by atoms with Gasteiger partial charge in [0.25, 0.3) is 0 Å². The van der Waals surface area contributed by atoms with E-state index in [0.717, 1.165) is 44.0 Å². The van der Waals surface area contributed by atoms with Gasteiger partial charge in [0, 0.05) is 44.1 Å². The quantitative estimate of drug-likeness (QED) is 0.708. The molecular weight excluding hydrogens is 316 g/mol. The molecule has 1 aliphatic heterocycles. The number of likely N-dealkylation sites (N-methyl/N-ethyl adjacent to an activating group) is 1. The molecule has 1 aliphatic rings. The summed E-state index contributed by atoms with van der Waals surface area (Å²) in [7, 11) is 0. The van der Waals surface area contributed by atoms with Crippen molar-refractivity contribution in [2.45, 2.75) is 39.7 Å². The van der Waals surface area contributed by atoms with Gasteiger partial charge in [-0.25, -0.2) is 4.79 Å². The molecule has 0 aromatic heterocycles. The standard InChI is InChI=1S/C19H32N4O2/c1-4-17(24)8-9-20-19(25)21-18-7-6-16(14-15(18)3)23-12-10-22(5-2)11-13-23/h6-7,14,17,24H,4-5,8-13H2,1-3H3,(H2,20,21,25). The van der Waals surface area contributed by atoms with Crippen molar-refractivity contribution in [3.05, 3.63) is 23.8 Å². The summed E-state index contributed by atoms with van der Waals surface area (Å²) in [5.74, 6) is 0. The molecule has 0 radical (unpaired) electrons. The number of nitrogens with zero attached hydrogens (tertiary/aromatic N) is 2. The van der Waals surface area contributed by atoms with Crippen molar-refractivity contribution in [3.63, 3.8) is 0 Å². The number of anilines is 2. The van der Waals surface area contributed by atoms with Gasteiger partial charge in [0.1, 0.15) is 0 Å². The highest BCUT2D eigenvalue weighted by Gasteiger charge is 2.16. The number of benzene rings is 1. The number of piperazine rings is 1. The number of amides is 2. The predicted octanol–water partition coefficient (Wildman–Crippen LogP) is 2.42. The summed E-state index contributed by atoms with van der Waals surface area (Å²) < 4.78 is 0. The van der Waals surface area contributed by atoms with Gasteiger partial charge in [-0.3, -0.25) is 0 Å². The zero-order chi connectivity index (χ0) is 18.2. The van der Waals surface area contributed by atoms with Crippen molar-refractivity contribution < 1.29 is 9.90 Å². The molecule has 3 N–H and O–H groups in total. The summed E-state index contributed by atoms with van der Waals surface area (Å²) in [5, 5.41) is 15.2. The highest BCUT2D eigenvalue weighted by atomic mass is 16.3. The number of rotatable bonds is 7. The minimum atomic E-state index is -0.352. The van der Waals surface area contributed by atoms with Crippen LogP contribution in [0.2, 0.25) is 0 Å². The number of aliphatic hydroxyl groups excluding tert-OH is 1. The third-order valence-corrected chi connectivity index (χ3v) is 4.88. The normalized spacial score (nSPS) is 16.6. The molecule has 1 unspecified atom stereocenters. The maximum atomic E-state index is 12.0. The molecule has 140 valence electrons. The molecule has 2 amide bonds. The topological polar surface area (TPSA) is 67.8 Å². The minimum absolute atomic E-state index is 0.226. The van der Waals surface area contributed by atoms with Crippen LogP contribution >= 0.6 is 0 Å². The Bertz CT molecular complexity index is 556. The number of carbonyl (C=O) groups is 1. The minimum Gasteiger partial charge on any atom is -0.393 e. The van der Waals surface area contributed by atoms with Gasteiger partial charge < -0.3 is 25.5 Å². The number of aryl methyl sites for hydroxylation is 1. The Morgan fingerprint density at radius 2 is 1.96 bits per heavy atom. The van der Waals surface area contributed by atoms with Crippen molar-refractivity contribution in [2.24, 2.45) is 0 Å².